The summed E-state index contributed by atoms with van der Waals surface area (Å²) < 4.78 is 50.9. The van der Waals surface area contributed by atoms with Gasteiger partial charge in [0.2, 0.25) is 10.0 Å². The van der Waals surface area contributed by atoms with Gasteiger partial charge in [-0.15, -0.1) is 0 Å². The fraction of sp³-hybridized carbons (Fsp3) is 0.211. The van der Waals surface area contributed by atoms with Crippen LogP contribution < -0.4 is 9.46 Å². The van der Waals surface area contributed by atoms with Crippen LogP contribution in [0.5, 0.6) is 5.75 Å². The van der Waals surface area contributed by atoms with Gasteiger partial charge in [-0.25, -0.2) is 17.5 Å². The molecule has 1 heterocycles. The lowest BCUT2D eigenvalue weighted by atomic mass is 10.1. The first kappa shape index (κ1) is 19.1. The molecule has 142 valence electrons. The largest absolute Gasteiger partial charge is 0.497 e. The van der Waals surface area contributed by atoms with E-state index in [1.165, 1.54) is 19.1 Å². The van der Waals surface area contributed by atoms with E-state index in [1.807, 2.05) is 24.3 Å². The molecule has 0 unspecified atom stereocenters. The standard InChI is InChI=1S/C19H19FN2O4S/c1-13-10-17(6-7-18(13)20)27(23,24)21-9-8-15-12-19(26-22-15)14-4-3-5-16(11-14)25-2/h3-7,10-12,21H,8-9H2,1-2H3. The van der Waals surface area contributed by atoms with Gasteiger partial charge in [0, 0.05) is 24.6 Å². The van der Waals surface area contributed by atoms with E-state index in [2.05, 4.69) is 9.88 Å². The molecule has 27 heavy (non-hydrogen) atoms. The van der Waals surface area contributed by atoms with Crippen LogP contribution in [-0.4, -0.2) is 27.2 Å². The second-order valence-corrected chi connectivity index (χ2v) is 7.74. The van der Waals surface area contributed by atoms with Crippen molar-refractivity contribution >= 4 is 10.0 Å². The molecule has 0 saturated heterocycles. The number of hydrogen-bond acceptors (Lipinski definition) is 5. The topological polar surface area (TPSA) is 81.4 Å². The summed E-state index contributed by atoms with van der Waals surface area (Å²) in [5.74, 6) is 0.829. The van der Waals surface area contributed by atoms with Gasteiger partial charge >= 0.3 is 0 Å². The summed E-state index contributed by atoms with van der Waals surface area (Å²) >= 11 is 0. The van der Waals surface area contributed by atoms with Gasteiger partial charge in [-0.2, -0.15) is 0 Å². The van der Waals surface area contributed by atoms with E-state index < -0.39 is 15.8 Å². The lowest BCUT2D eigenvalue weighted by Gasteiger charge is -2.07. The van der Waals surface area contributed by atoms with Crippen LogP contribution in [0.4, 0.5) is 4.39 Å². The summed E-state index contributed by atoms with van der Waals surface area (Å²) in [6.07, 6.45) is 0.354. The maximum Gasteiger partial charge on any atom is 0.240 e. The number of aryl methyl sites for hydroxylation is 1. The third kappa shape index (κ3) is 4.53. The van der Waals surface area contributed by atoms with Crippen molar-refractivity contribution in [1.82, 2.24) is 9.88 Å². The normalized spacial score (nSPS) is 11.5. The predicted molar refractivity (Wildman–Crippen MR) is 98.5 cm³/mol. The molecule has 0 aliphatic carbocycles. The van der Waals surface area contributed by atoms with Crippen LogP contribution in [0.3, 0.4) is 0 Å². The van der Waals surface area contributed by atoms with Crippen LogP contribution in [0.1, 0.15) is 11.3 Å². The molecule has 6 nitrogen and oxygen atoms in total. The zero-order valence-electron chi connectivity index (χ0n) is 14.9. The van der Waals surface area contributed by atoms with Crippen molar-refractivity contribution < 1.29 is 22.1 Å². The Morgan fingerprint density at radius 3 is 2.74 bits per heavy atom. The highest BCUT2D eigenvalue weighted by atomic mass is 32.2. The molecule has 0 atom stereocenters. The molecule has 0 aliphatic rings. The van der Waals surface area contributed by atoms with Crippen LogP contribution >= 0.6 is 0 Å². The molecule has 0 aliphatic heterocycles. The molecule has 2 aromatic carbocycles. The lowest BCUT2D eigenvalue weighted by molar-refractivity contribution is 0.412. The van der Waals surface area contributed by atoms with Gasteiger partial charge in [-0.05, 0) is 42.8 Å². The highest BCUT2D eigenvalue weighted by Gasteiger charge is 2.15. The maximum atomic E-state index is 13.3. The van der Waals surface area contributed by atoms with Gasteiger partial charge in [0.25, 0.3) is 0 Å². The Hall–Kier alpha value is -2.71. The molecule has 0 bridgehead atoms. The summed E-state index contributed by atoms with van der Waals surface area (Å²) in [4.78, 5) is 0.0265. The zero-order valence-corrected chi connectivity index (χ0v) is 15.7. The first-order chi connectivity index (χ1) is 12.9. The van der Waals surface area contributed by atoms with Crippen molar-refractivity contribution in [3.8, 4) is 17.1 Å². The Labute approximate surface area is 157 Å². The molecular formula is C19H19FN2O4S. The fourth-order valence-electron chi connectivity index (χ4n) is 2.52. The lowest BCUT2D eigenvalue weighted by Crippen LogP contribution is -2.26. The summed E-state index contributed by atoms with van der Waals surface area (Å²) in [7, 11) is -2.13. The van der Waals surface area contributed by atoms with Crippen molar-refractivity contribution in [3.63, 3.8) is 0 Å². The number of sulfonamides is 1. The number of ether oxygens (including phenoxy) is 1. The van der Waals surface area contributed by atoms with Gasteiger partial charge in [0.1, 0.15) is 11.6 Å². The van der Waals surface area contributed by atoms with Gasteiger partial charge in [0.05, 0.1) is 17.7 Å². The summed E-state index contributed by atoms with van der Waals surface area (Å²) in [6.45, 7) is 1.66. The second-order valence-electron chi connectivity index (χ2n) is 5.97. The number of nitrogens with one attached hydrogen (secondary N) is 1. The van der Waals surface area contributed by atoms with Crippen LogP contribution in [0, 0.1) is 12.7 Å². The molecule has 8 heteroatoms. The maximum absolute atomic E-state index is 13.3. The quantitative estimate of drug-likeness (QED) is 0.669. The van der Waals surface area contributed by atoms with Gasteiger partial charge in [0.15, 0.2) is 5.76 Å². The van der Waals surface area contributed by atoms with E-state index in [0.717, 1.165) is 11.6 Å². The van der Waals surface area contributed by atoms with Crippen molar-refractivity contribution in [2.24, 2.45) is 0 Å². The molecule has 0 saturated carbocycles. The van der Waals surface area contributed by atoms with Gasteiger partial charge in [-0.1, -0.05) is 17.3 Å². The molecule has 3 rings (SSSR count). The summed E-state index contributed by atoms with van der Waals surface area (Å²) in [5, 5.41) is 3.97. The summed E-state index contributed by atoms with van der Waals surface area (Å²) in [5.41, 5.74) is 1.71. The number of halogens is 1. The van der Waals surface area contributed by atoms with Crippen LogP contribution in [0.25, 0.3) is 11.3 Å². The summed E-state index contributed by atoms with van der Waals surface area (Å²) in [6, 6.07) is 12.8. The number of benzene rings is 2. The van der Waals surface area contributed by atoms with Crippen molar-refractivity contribution in [1.29, 1.82) is 0 Å². The van der Waals surface area contributed by atoms with E-state index in [1.54, 1.807) is 13.2 Å². The van der Waals surface area contributed by atoms with Crippen molar-refractivity contribution in [2.45, 2.75) is 18.2 Å². The minimum Gasteiger partial charge on any atom is -0.497 e. The second kappa shape index (κ2) is 7.89. The van der Waals surface area contributed by atoms with E-state index in [9.17, 15) is 12.8 Å². The van der Waals surface area contributed by atoms with Crippen LogP contribution in [-0.2, 0) is 16.4 Å². The number of rotatable bonds is 7. The Morgan fingerprint density at radius 2 is 2.00 bits per heavy atom. The first-order valence-corrected chi connectivity index (χ1v) is 9.73. The van der Waals surface area contributed by atoms with Gasteiger partial charge < -0.3 is 9.26 Å². The number of aromatic nitrogens is 1. The van der Waals surface area contributed by atoms with E-state index in [-0.39, 0.29) is 17.0 Å². The van der Waals surface area contributed by atoms with E-state index in [0.29, 0.717) is 23.6 Å². The minimum atomic E-state index is -3.72. The fourth-order valence-corrected chi connectivity index (χ4v) is 3.64. The molecule has 0 spiro atoms. The third-order valence-electron chi connectivity index (χ3n) is 4.03. The Morgan fingerprint density at radius 1 is 1.19 bits per heavy atom. The third-order valence-corrected chi connectivity index (χ3v) is 5.48. The molecule has 1 N–H and O–H groups in total. The minimum absolute atomic E-state index is 0.0265. The Kier molecular flexibility index (Phi) is 5.57. The van der Waals surface area contributed by atoms with E-state index >= 15 is 0 Å². The smallest absolute Gasteiger partial charge is 0.240 e. The average molecular weight is 390 g/mol. The Balaban J connectivity index is 1.64. The molecule has 0 amide bonds. The monoisotopic (exact) mass is 390 g/mol. The van der Waals surface area contributed by atoms with E-state index in [4.69, 9.17) is 9.26 Å². The number of nitrogens with zero attached hydrogens (tertiary/aromatic N) is 1. The van der Waals surface area contributed by atoms with Crippen LogP contribution in [0.2, 0.25) is 0 Å². The van der Waals surface area contributed by atoms with Crippen molar-refractivity contribution in [2.75, 3.05) is 13.7 Å². The molecular weight excluding hydrogens is 371 g/mol. The molecule has 0 radical (unpaired) electrons. The number of hydrogen-bond donors (Lipinski definition) is 1. The van der Waals surface area contributed by atoms with Crippen LogP contribution in [0.15, 0.2) is 57.9 Å². The van der Waals surface area contributed by atoms with Crippen molar-refractivity contribution in [3.05, 3.63) is 65.6 Å². The highest BCUT2D eigenvalue weighted by Crippen LogP contribution is 2.24. The SMILES string of the molecule is COc1cccc(-c2cc(CCNS(=O)(=O)c3ccc(F)c(C)c3)no2)c1. The number of methoxy groups -OCH3 is 1. The highest BCUT2D eigenvalue weighted by molar-refractivity contribution is 7.89. The molecule has 0 fully saturated rings. The first-order valence-electron chi connectivity index (χ1n) is 8.25. The van der Waals surface area contributed by atoms with Gasteiger partial charge in [-0.3, -0.25) is 0 Å². The molecule has 3 aromatic rings. The predicted octanol–water partition coefficient (Wildman–Crippen LogP) is 3.32. The Bertz CT molecular complexity index is 1050. The average Bonchev–Trinajstić information content (AvgIpc) is 3.12. The molecule has 1 aromatic heterocycles. The zero-order chi connectivity index (χ0) is 19.4.